The molecule has 2 heterocycles. The van der Waals surface area contributed by atoms with Gasteiger partial charge in [0.2, 0.25) is 5.13 Å². The minimum Gasteiger partial charge on any atom is -0.352 e. The molecule has 1 aromatic heterocycles. The highest BCUT2D eigenvalue weighted by Gasteiger charge is 2.22. The van der Waals surface area contributed by atoms with Crippen LogP contribution < -0.4 is 16.0 Å². The van der Waals surface area contributed by atoms with Gasteiger partial charge in [-0.1, -0.05) is 6.92 Å². The smallest absolute Gasteiger partial charge is 0.312 e. The molecule has 1 aliphatic rings. The topological polar surface area (TPSA) is 84.1 Å². The van der Waals surface area contributed by atoms with Crippen LogP contribution in [-0.4, -0.2) is 34.5 Å². The summed E-state index contributed by atoms with van der Waals surface area (Å²) in [6.45, 7) is 3.83. The van der Waals surface area contributed by atoms with Crippen LogP contribution in [0.15, 0.2) is 0 Å². The SMILES string of the molecule is CCc1nsc(N2CCC(NC(N)=O)CC2)n1. The number of hydrogen-bond acceptors (Lipinski definition) is 5. The molecule has 7 heteroatoms. The Labute approximate surface area is 104 Å². The zero-order valence-electron chi connectivity index (χ0n) is 9.85. The average Bonchev–Trinajstić information content (AvgIpc) is 2.78. The Morgan fingerprint density at radius 1 is 1.59 bits per heavy atom. The van der Waals surface area contributed by atoms with E-state index in [1.165, 1.54) is 11.5 Å². The van der Waals surface area contributed by atoms with Crippen LogP contribution >= 0.6 is 11.5 Å². The lowest BCUT2D eigenvalue weighted by Gasteiger charge is -2.31. The summed E-state index contributed by atoms with van der Waals surface area (Å²) in [5.74, 6) is 0.905. The second-order valence-corrected chi connectivity index (χ2v) is 4.85. The molecule has 1 fully saturated rings. The highest BCUT2D eigenvalue weighted by Crippen LogP contribution is 2.21. The summed E-state index contributed by atoms with van der Waals surface area (Å²) in [6, 6.07) is -0.241. The fraction of sp³-hybridized carbons (Fsp3) is 0.700. The number of piperidine rings is 1. The van der Waals surface area contributed by atoms with Gasteiger partial charge in [-0.25, -0.2) is 9.78 Å². The van der Waals surface area contributed by atoms with Gasteiger partial charge in [0.1, 0.15) is 5.82 Å². The van der Waals surface area contributed by atoms with Gasteiger partial charge in [0, 0.05) is 37.1 Å². The molecule has 1 saturated heterocycles. The molecular formula is C10H17N5OS. The molecule has 0 atom stereocenters. The summed E-state index contributed by atoms with van der Waals surface area (Å²) in [4.78, 5) is 17.4. The van der Waals surface area contributed by atoms with E-state index < -0.39 is 6.03 Å². The Morgan fingerprint density at radius 2 is 2.29 bits per heavy atom. The van der Waals surface area contributed by atoms with E-state index in [0.717, 1.165) is 43.3 Å². The van der Waals surface area contributed by atoms with Gasteiger partial charge >= 0.3 is 6.03 Å². The van der Waals surface area contributed by atoms with Crippen molar-refractivity contribution in [1.82, 2.24) is 14.7 Å². The molecule has 94 valence electrons. The van der Waals surface area contributed by atoms with Crippen molar-refractivity contribution in [2.45, 2.75) is 32.2 Å². The largest absolute Gasteiger partial charge is 0.352 e. The van der Waals surface area contributed by atoms with Crippen molar-refractivity contribution in [1.29, 1.82) is 0 Å². The normalized spacial score (nSPS) is 17.1. The minimum absolute atomic E-state index is 0.197. The molecule has 0 bridgehead atoms. The number of nitrogens with zero attached hydrogens (tertiary/aromatic N) is 3. The first-order chi connectivity index (χ1) is 8.19. The number of rotatable bonds is 3. The Balaban J connectivity index is 1.88. The predicted molar refractivity (Wildman–Crippen MR) is 67.2 cm³/mol. The number of aryl methyl sites for hydroxylation is 1. The van der Waals surface area contributed by atoms with Crippen molar-refractivity contribution in [2.75, 3.05) is 18.0 Å². The molecule has 0 aliphatic carbocycles. The fourth-order valence-corrected chi connectivity index (χ4v) is 2.73. The number of urea groups is 1. The summed E-state index contributed by atoms with van der Waals surface area (Å²) < 4.78 is 4.28. The predicted octanol–water partition coefficient (Wildman–Crippen LogP) is 0.738. The minimum atomic E-state index is -0.437. The number of primary amides is 1. The van der Waals surface area contributed by atoms with E-state index in [1.54, 1.807) is 0 Å². The number of hydrogen-bond donors (Lipinski definition) is 2. The molecule has 2 rings (SSSR count). The Bertz CT molecular complexity index is 386. The second kappa shape index (κ2) is 5.31. The van der Waals surface area contributed by atoms with Crippen molar-refractivity contribution < 1.29 is 4.79 Å². The van der Waals surface area contributed by atoms with Crippen LogP contribution in [0.25, 0.3) is 0 Å². The maximum atomic E-state index is 10.7. The number of anilines is 1. The van der Waals surface area contributed by atoms with Gasteiger partial charge < -0.3 is 16.0 Å². The third kappa shape index (κ3) is 3.06. The van der Waals surface area contributed by atoms with Crippen molar-refractivity contribution >= 4 is 22.7 Å². The van der Waals surface area contributed by atoms with E-state index >= 15 is 0 Å². The average molecular weight is 255 g/mol. The Morgan fingerprint density at radius 3 is 2.82 bits per heavy atom. The fourth-order valence-electron chi connectivity index (χ4n) is 1.93. The molecule has 0 aromatic carbocycles. The summed E-state index contributed by atoms with van der Waals surface area (Å²) >= 11 is 1.45. The zero-order valence-corrected chi connectivity index (χ0v) is 10.7. The highest BCUT2D eigenvalue weighted by atomic mass is 32.1. The summed E-state index contributed by atoms with van der Waals surface area (Å²) in [5, 5.41) is 3.74. The van der Waals surface area contributed by atoms with Gasteiger partial charge in [0.15, 0.2) is 0 Å². The second-order valence-electron chi connectivity index (χ2n) is 4.12. The molecular weight excluding hydrogens is 238 g/mol. The van der Waals surface area contributed by atoms with Crippen LogP contribution in [0.5, 0.6) is 0 Å². The standard InChI is InChI=1S/C10H17N5OS/c1-2-8-13-10(17-14-8)15-5-3-7(4-6-15)12-9(11)16/h7H,2-6H2,1H3,(H3,11,12,16). The molecule has 1 aliphatic heterocycles. The van der Waals surface area contributed by atoms with Gasteiger partial charge in [-0.15, -0.1) is 0 Å². The lowest BCUT2D eigenvalue weighted by Crippen LogP contribution is -2.46. The number of aromatic nitrogens is 2. The number of amides is 2. The summed E-state index contributed by atoms with van der Waals surface area (Å²) in [6.07, 6.45) is 2.68. The van der Waals surface area contributed by atoms with Crippen LogP contribution in [0, 0.1) is 0 Å². The van der Waals surface area contributed by atoms with E-state index in [1.807, 2.05) is 0 Å². The van der Waals surface area contributed by atoms with Crippen molar-refractivity contribution in [3.05, 3.63) is 5.82 Å². The third-order valence-electron chi connectivity index (χ3n) is 2.89. The van der Waals surface area contributed by atoms with Crippen LogP contribution in [0.4, 0.5) is 9.93 Å². The van der Waals surface area contributed by atoms with Crippen molar-refractivity contribution in [3.63, 3.8) is 0 Å². The Hall–Kier alpha value is -1.37. The summed E-state index contributed by atoms with van der Waals surface area (Å²) in [5.41, 5.74) is 5.11. The lowest BCUT2D eigenvalue weighted by atomic mass is 10.1. The van der Waals surface area contributed by atoms with Crippen LogP contribution in [-0.2, 0) is 6.42 Å². The number of nitrogens with two attached hydrogens (primary N) is 1. The van der Waals surface area contributed by atoms with Gasteiger partial charge in [-0.05, 0) is 12.8 Å². The first kappa shape index (κ1) is 12.1. The molecule has 2 amide bonds. The van der Waals surface area contributed by atoms with Crippen molar-refractivity contribution in [2.24, 2.45) is 5.73 Å². The molecule has 17 heavy (non-hydrogen) atoms. The molecule has 3 N–H and O–H groups in total. The van der Waals surface area contributed by atoms with E-state index in [2.05, 4.69) is 26.5 Å². The number of nitrogens with one attached hydrogen (secondary N) is 1. The highest BCUT2D eigenvalue weighted by molar-refractivity contribution is 7.09. The maximum Gasteiger partial charge on any atom is 0.312 e. The summed E-state index contributed by atoms with van der Waals surface area (Å²) in [7, 11) is 0. The number of carbonyl (C=O) groups excluding carboxylic acids is 1. The van der Waals surface area contributed by atoms with Crippen molar-refractivity contribution in [3.8, 4) is 0 Å². The van der Waals surface area contributed by atoms with Crippen LogP contribution in [0.1, 0.15) is 25.6 Å². The van der Waals surface area contributed by atoms with E-state index in [9.17, 15) is 4.79 Å². The van der Waals surface area contributed by atoms with Crippen LogP contribution in [0.3, 0.4) is 0 Å². The Kier molecular flexibility index (Phi) is 3.78. The molecule has 0 saturated carbocycles. The van der Waals surface area contributed by atoms with Gasteiger partial charge in [0.25, 0.3) is 0 Å². The van der Waals surface area contributed by atoms with E-state index in [-0.39, 0.29) is 6.04 Å². The molecule has 0 radical (unpaired) electrons. The van der Waals surface area contributed by atoms with Crippen LogP contribution in [0.2, 0.25) is 0 Å². The van der Waals surface area contributed by atoms with E-state index in [4.69, 9.17) is 5.73 Å². The lowest BCUT2D eigenvalue weighted by molar-refractivity contribution is 0.242. The van der Waals surface area contributed by atoms with Gasteiger partial charge in [-0.2, -0.15) is 4.37 Å². The first-order valence-corrected chi connectivity index (χ1v) is 6.60. The van der Waals surface area contributed by atoms with Gasteiger partial charge in [0.05, 0.1) is 0 Å². The third-order valence-corrected chi connectivity index (χ3v) is 3.70. The monoisotopic (exact) mass is 255 g/mol. The van der Waals surface area contributed by atoms with E-state index in [0.29, 0.717) is 0 Å². The number of carbonyl (C=O) groups is 1. The molecule has 0 spiro atoms. The van der Waals surface area contributed by atoms with Gasteiger partial charge in [-0.3, -0.25) is 0 Å². The first-order valence-electron chi connectivity index (χ1n) is 5.82. The maximum absolute atomic E-state index is 10.7. The molecule has 6 nitrogen and oxygen atoms in total. The molecule has 0 unspecified atom stereocenters. The zero-order chi connectivity index (χ0) is 12.3. The molecule has 1 aromatic rings. The quantitative estimate of drug-likeness (QED) is 0.834.